The number of halogens is 2. The molecule has 1 aromatic carbocycles. The Kier molecular flexibility index (Phi) is 5.69. The van der Waals surface area contributed by atoms with Gasteiger partial charge in [-0.15, -0.1) is 0 Å². The summed E-state index contributed by atoms with van der Waals surface area (Å²) in [5, 5.41) is 6.32. The van der Waals surface area contributed by atoms with E-state index in [0.29, 0.717) is 18.1 Å². The van der Waals surface area contributed by atoms with Gasteiger partial charge in [-0.25, -0.2) is 13.8 Å². The van der Waals surface area contributed by atoms with E-state index in [1.54, 1.807) is 14.0 Å². The van der Waals surface area contributed by atoms with E-state index < -0.39 is 11.6 Å². The normalized spacial score (nSPS) is 13.0. The highest BCUT2D eigenvalue weighted by atomic mass is 19.1. The number of guanidine groups is 1. The second-order valence-corrected chi connectivity index (χ2v) is 6.44. The van der Waals surface area contributed by atoms with E-state index in [2.05, 4.69) is 20.6 Å². The summed E-state index contributed by atoms with van der Waals surface area (Å²) in [5.74, 6) is -0.620. The standard InChI is InChI=1S/C20H23F2N5/c1-13-5-4-10-27-12-16(26-19(13)27)8-9-24-20(23-3)25-14(2)17-7-6-15(21)11-18(17)22/h4-7,10-12,14H,8-9H2,1-3H3,(H2,23,24,25). The largest absolute Gasteiger partial charge is 0.356 e. The Bertz CT molecular complexity index is 964. The van der Waals surface area contributed by atoms with Gasteiger partial charge in [-0.1, -0.05) is 12.1 Å². The zero-order valence-corrected chi connectivity index (χ0v) is 15.6. The quantitative estimate of drug-likeness (QED) is 0.534. The fourth-order valence-corrected chi connectivity index (χ4v) is 2.96. The average Bonchev–Trinajstić information content (AvgIpc) is 3.05. The summed E-state index contributed by atoms with van der Waals surface area (Å²) >= 11 is 0. The molecule has 0 aliphatic heterocycles. The number of aliphatic imine (C=N–C) groups is 1. The minimum atomic E-state index is -0.589. The zero-order chi connectivity index (χ0) is 19.4. The number of nitrogens with zero attached hydrogens (tertiary/aromatic N) is 3. The Balaban J connectivity index is 1.57. The van der Waals surface area contributed by atoms with Crippen LogP contribution < -0.4 is 10.6 Å². The molecule has 1 atom stereocenters. The van der Waals surface area contributed by atoms with Gasteiger partial charge in [0.05, 0.1) is 11.7 Å². The van der Waals surface area contributed by atoms with Crippen LogP contribution in [-0.4, -0.2) is 28.9 Å². The van der Waals surface area contributed by atoms with E-state index in [-0.39, 0.29) is 6.04 Å². The van der Waals surface area contributed by atoms with Crippen molar-refractivity contribution in [3.8, 4) is 0 Å². The van der Waals surface area contributed by atoms with Gasteiger partial charge in [0.2, 0.25) is 0 Å². The summed E-state index contributed by atoms with van der Waals surface area (Å²) < 4.78 is 29.0. The molecular weight excluding hydrogens is 348 g/mol. The van der Waals surface area contributed by atoms with Crippen LogP contribution >= 0.6 is 0 Å². The van der Waals surface area contributed by atoms with Crippen LogP contribution in [-0.2, 0) is 6.42 Å². The molecule has 0 bridgehead atoms. The molecule has 1 unspecified atom stereocenters. The molecule has 0 fully saturated rings. The maximum absolute atomic E-state index is 13.9. The predicted octanol–water partition coefficient (Wildman–Crippen LogP) is 3.39. The highest BCUT2D eigenvalue weighted by molar-refractivity contribution is 5.80. The van der Waals surface area contributed by atoms with Gasteiger partial charge in [-0.2, -0.15) is 0 Å². The molecule has 0 saturated heterocycles. The maximum atomic E-state index is 13.9. The Morgan fingerprint density at radius 3 is 2.81 bits per heavy atom. The second-order valence-electron chi connectivity index (χ2n) is 6.44. The number of fused-ring (bicyclic) bond motifs is 1. The summed E-state index contributed by atoms with van der Waals surface area (Å²) in [6.07, 6.45) is 4.71. The van der Waals surface area contributed by atoms with E-state index in [9.17, 15) is 8.78 Å². The lowest BCUT2D eigenvalue weighted by atomic mass is 10.1. The van der Waals surface area contributed by atoms with Gasteiger partial charge >= 0.3 is 0 Å². The number of aryl methyl sites for hydroxylation is 1. The van der Waals surface area contributed by atoms with Gasteiger partial charge < -0.3 is 15.0 Å². The van der Waals surface area contributed by atoms with Gasteiger partial charge in [0.25, 0.3) is 0 Å². The molecule has 0 amide bonds. The first-order chi connectivity index (χ1) is 13.0. The summed E-state index contributed by atoms with van der Waals surface area (Å²) in [4.78, 5) is 8.80. The Morgan fingerprint density at radius 2 is 2.11 bits per heavy atom. The smallest absolute Gasteiger partial charge is 0.191 e. The van der Waals surface area contributed by atoms with Crippen molar-refractivity contribution in [2.24, 2.45) is 4.99 Å². The van der Waals surface area contributed by atoms with Crippen LogP contribution in [0.5, 0.6) is 0 Å². The third-order valence-electron chi connectivity index (χ3n) is 4.41. The van der Waals surface area contributed by atoms with Crippen LogP contribution in [0.25, 0.3) is 5.65 Å². The maximum Gasteiger partial charge on any atom is 0.191 e. The van der Waals surface area contributed by atoms with Crippen LogP contribution in [0.4, 0.5) is 8.78 Å². The number of benzene rings is 1. The van der Waals surface area contributed by atoms with Crippen LogP contribution in [0.1, 0.15) is 29.8 Å². The lowest BCUT2D eigenvalue weighted by Gasteiger charge is -2.18. The second kappa shape index (κ2) is 8.16. The van der Waals surface area contributed by atoms with E-state index in [1.165, 1.54) is 12.1 Å². The first-order valence-corrected chi connectivity index (χ1v) is 8.83. The van der Waals surface area contributed by atoms with Crippen molar-refractivity contribution in [1.82, 2.24) is 20.0 Å². The van der Waals surface area contributed by atoms with Crippen LogP contribution in [0.2, 0.25) is 0 Å². The molecule has 0 saturated carbocycles. The molecule has 0 spiro atoms. The van der Waals surface area contributed by atoms with Crippen LogP contribution in [0.15, 0.2) is 47.7 Å². The molecule has 2 aromatic heterocycles. The third-order valence-corrected chi connectivity index (χ3v) is 4.41. The van der Waals surface area contributed by atoms with Gasteiger partial charge in [-0.05, 0) is 31.5 Å². The summed E-state index contributed by atoms with van der Waals surface area (Å²) in [5.41, 5.74) is 3.44. The SMILES string of the molecule is CN=C(NCCc1cn2cccc(C)c2n1)NC(C)c1ccc(F)cc1F. The number of pyridine rings is 1. The minimum Gasteiger partial charge on any atom is -0.356 e. The van der Waals surface area contributed by atoms with Gasteiger partial charge in [-0.3, -0.25) is 4.99 Å². The Hall–Kier alpha value is -2.96. The average molecular weight is 371 g/mol. The molecule has 7 heteroatoms. The van der Waals surface area contributed by atoms with E-state index >= 15 is 0 Å². The van der Waals surface area contributed by atoms with Crippen molar-refractivity contribution in [3.05, 3.63) is 71.2 Å². The van der Waals surface area contributed by atoms with Gasteiger partial charge in [0.1, 0.15) is 17.3 Å². The van der Waals surface area contributed by atoms with Gasteiger partial charge in [0.15, 0.2) is 5.96 Å². The van der Waals surface area contributed by atoms with E-state index in [1.807, 2.05) is 35.9 Å². The number of hydrogen-bond acceptors (Lipinski definition) is 2. The highest BCUT2D eigenvalue weighted by Gasteiger charge is 2.13. The van der Waals surface area contributed by atoms with Gasteiger partial charge in [0, 0.05) is 44.0 Å². The van der Waals surface area contributed by atoms with E-state index in [4.69, 9.17) is 0 Å². The number of nitrogens with one attached hydrogen (secondary N) is 2. The van der Waals surface area contributed by atoms with Crippen LogP contribution in [0.3, 0.4) is 0 Å². The topological polar surface area (TPSA) is 53.7 Å². The number of rotatable bonds is 5. The highest BCUT2D eigenvalue weighted by Crippen LogP contribution is 2.17. The van der Waals surface area contributed by atoms with Crippen molar-refractivity contribution < 1.29 is 8.78 Å². The number of aromatic nitrogens is 2. The van der Waals surface area contributed by atoms with Crippen LogP contribution in [0, 0.1) is 18.6 Å². The van der Waals surface area contributed by atoms with Crippen molar-refractivity contribution in [2.75, 3.05) is 13.6 Å². The van der Waals surface area contributed by atoms with Crippen molar-refractivity contribution in [2.45, 2.75) is 26.3 Å². The molecule has 142 valence electrons. The van der Waals surface area contributed by atoms with Crippen molar-refractivity contribution in [3.63, 3.8) is 0 Å². The Morgan fingerprint density at radius 1 is 1.30 bits per heavy atom. The monoisotopic (exact) mass is 371 g/mol. The molecule has 27 heavy (non-hydrogen) atoms. The van der Waals surface area contributed by atoms with Crippen molar-refractivity contribution >= 4 is 11.6 Å². The predicted molar refractivity (Wildman–Crippen MR) is 103 cm³/mol. The fraction of sp³-hybridized carbons (Fsp3) is 0.300. The van der Waals surface area contributed by atoms with Crippen molar-refractivity contribution in [1.29, 1.82) is 0 Å². The summed E-state index contributed by atoms with van der Waals surface area (Å²) in [6, 6.07) is 7.25. The Labute approximate surface area is 157 Å². The fourth-order valence-electron chi connectivity index (χ4n) is 2.96. The van der Waals surface area contributed by atoms with E-state index in [0.717, 1.165) is 29.4 Å². The number of imidazole rings is 1. The summed E-state index contributed by atoms with van der Waals surface area (Å²) in [7, 11) is 1.65. The first kappa shape index (κ1) is 18.8. The molecular formula is C20H23F2N5. The molecule has 3 aromatic rings. The molecule has 0 aliphatic carbocycles. The first-order valence-electron chi connectivity index (χ1n) is 8.83. The lowest BCUT2D eigenvalue weighted by Crippen LogP contribution is -2.39. The lowest BCUT2D eigenvalue weighted by molar-refractivity contribution is 0.551. The summed E-state index contributed by atoms with van der Waals surface area (Å²) in [6.45, 7) is 4.46. The minimum absolute atomic E-state index is 0.352. The molecule has 3 rings (SSSR count). The number of hydrogen-bond donors (Lipinski definition) is 2. The molecule has 2 N–H and O–H groups in total. The molecule has 5 nitrogen and oxygen atoms in total. The molecule has 0 radical (unpaired) electrons. The molecule has 2 heterocycles. The molecule has 0 aliphatic rings. The zero-order valence-electron chi connectivity index (χ0n) is 15.6. The third kappa shape index (κ3) is 4.42.